The van der Waals surface area contributed by atoms with E-state index < -0.39 is 65.8 Å². The van der Waals surface area contributed by atoms with Crippen LogP contribution >= 0.6 is 0 Å². The highest BCUT2D eigenvalue weighted by Crippen LogP contribution is 2.40. The predicted octanol–water partition coefficient (Wildman–Crippen LogP) is 6.37. The van der Waals surface area contributed by atoms with Crippen LogP contribution in [0.3, 0.4) is 0 Å². The summed E-state index contributed by atoms with van der Waals surface area (Å²) in [6.07, 6.45) is -14.1. The molecule has 0 saturated carbocycles. The molecular formula is C29H32F9N7O. The number of aryl methyl sites for hydroxylation is 1. The first kappa shape index (κ1) is 35.0. The molecule has 0 unspecified atom stereocenters. The number of tetrazole rings is 1. The summed E-state index contributed by atoms with van der Waals surface area (Å²) >= 11 is 0. The number of nitrogens with zero attached hydrogens (tertiary/aromatic N) is 6. The molecule has 17 heteroatoms. The van der Waals surface area contributed by atoms with Gasteiger partial charge in [0.25, 0.3) is 5.95 Å². The SMILES string of the molecule is CC(C)[C@H](c1ccc(C(F)(F)F)cc1CN(Cc1cc(C(F)(F)F)cc(C(F)(F)F)c1)c1nnn(C)n1)N1CCC(C(N)=O)CC1. The van der Waals surface area contributed by atoms with Crippen molar-refractivity contribution in [2.24, 2.45) is 24.6 Å². The van der Waals surface area contributed by atoms with Crippen LogP contribution in [0.2, 0.25) is 0 Å². The van der Waals surface area contributed by atoms with Crippen molar-refractivity contribution in [3.8, 4) is 0 Å². The lowest BCUT2D eigenvalue weighted by Crippen LogP contribution is -2.42. The second kappa shape index (κ2) is 13.1. The third kappa shape index (κ3) is 8.27. The largest absolute Gasteiger partial charge is 0.416 e. The van der Waals surface area contributed by atoms with E-state index in [2.05, 4.69) is 15.4 Å². The quantitative estimate of drug-likeness (QED) is 0.267. The van der Waals surface area contributed by atoms with E-state index in [1.807, 2.05) is 18.7 Å². The zero-order chi connectivity index (χ0) is 34.2. The number of piperidine rings is 1. The molecule has 2 N–H and O–H groups in total. The Kier molecular flexibility index (Phi) is 9.94. The summed E-state index contributed by atoms with van der Waals surface area (Å²) in [6.45, 7) is 3.56. The van der Waals surface area contributed by atoms with Gasteiger partial charge in [0, 0.05) is 25.0 Å². The molecule has 0 aliphatic carbocycles. The Morgan fingerprint density at radius 3 is 1.91 bits per heavy atom. The molecule has 8 nitrogen and oxygen atoms in total. The van der Waals surface area contributed by atoms with E-state index in [0.717, 1.165) is 16.9 Å². The van der Waals surface area contributed by atoms with E-state index >= 15 is 0 Å². The molecule has 1 fully saturated rings. The van der Waals surface area contributed by atoms with E-state index in [0.29, 0.717) is 43.6 Å². The van der Waals surface area contributed by atoms with Crippen molar-refractivity contribution in [3.63, 3.8) is 0 Å². The Labute approximate surface area is 258 Å². The van der Waals surface area contributed by atoms with Crippen LogP contribution in [-0.2, 0) is 43.5 Å². The van der Waals surface area contributed by atoms with Crippen LogP contribution in [0, 0.1) is 11.8 Å². The van der Waals surface area contributed by atoms with Gasteiger partial charge in [0.1, 0.15) is 0 Å². The van der Waals surface area contributed by atoms with Gasteiger partial charge in [-0.2, -0.15) is 44.3 Å². The van der Waals surface area contributed by atoms with Crippen LogP contribution in [0.1, 0.15) is 66.1 Å². The van der Waals surface area contributed by atoms with Crippen molar-refractivity contribution in [1.29, 1.82) is 0 Å². The first-order chi connectivity index (χ1) is 21.2. The van der Waals surface area contributed by atoms with Crippen molar-refractivity contribution < 1.29 is 44.3 Å². The second-order valence-corrected chi connectivity index (χ2v) is 11.7. The van der Waals surface area contributed by atoms with Crippen molar-refractivity contribution in [3.05, 3.63) is 69.8 Å². The zero-order valence-corrected chi connectivity index (χ0v) is 25.0. The van der Waals surface area contributed by atoms with Crippen molar-refractivity contribution >= 4 is 11.9 Å². The lowest BCUT2D eigenvalue weighted by Gasteiger charge is -2.40. The molecule has 0 spiro atoms. The highest BCUT2D eigenvalue weighted by Gasteiger charge is 2.38. The molecule has 0 radical (unpaired) electrons. The van der Waals surface area contributed by atoms with Crippen LogP contribution in [0.25, 0.3) is 0 Å². The van der Waals surface area contributed by atoms with Gasteiger partial charge >= 0.3 is 18.5 Å². The number of benzene rings is 2. The number of aromatic nitrogens is 4. The molecule has 2 aromatic carbocycles. The summed E-state index contributed by atoms with van der Waals surface area (Å²) in [5, 5.41) is 11.6. The average Bonchev–Trinajstić information content (AvgIpc) is 3.38. The molecule has 2 heterocycles. The minimum atomic E-state index is -5.10. The normalized spacial score (nSPS) is 16.2. The summed E-state index contributed by atoms with van der Waals surface area (Å²) in [5.74, 6) is -1.16. The molecule has 1 atom stereocenters. The van der Waals surface area contributed by atoms with Crippen LogP contribution in [0.5, 0.6) is 0 Å². The molecule has 46 heavy (non-hydrogen) atoms. The Bertz CT molecular complexity index is 1490. The Morgan fingerprint density at radius 1 is 0.891 bits per heavy atom. The number of alkyl halides is 9. The third-order valence-electron chi connectivity index (χ3n) is 7.91. The summed E-state index contributed by atoms with van der Waals surface area (Å²) in [7, 11) is 1.38. The molecule has 4 rings (SSSR count). The number of hydrogen-bond acceptors (Lipinski definition) is 6. The third-order valence-corrected chi connectivity index (χ3v) is 7.91. The molecule has 3 aromatic rings. The molecular weight excluding hydrogens is 633 g/mol. The van der Waals surface area contributed by atoms with E-state index in [9.17, 15) is 44.3 Å². The zero-order valence-electron chi connectivity index (χ0n) is 25.0. The first-order valence-electron chi connectivity index (χ1n) is 14.2. The smallest absolute Gasteiger partial charge is 0.369 e. The molecule has 1 amide bonds. The number of nitrogens with two attached hydrogens (primary N) is 1. The maximum absolute atomic E-state index is 13.9. The number of likely N-dealkylation sites (tertiary alicyclic amines) is 1. The fourth-order valence-electron chi connectivity index (χ4n) is 5.78. The van der Waals surface area contributed by atoms with Gasteiger partial charge in [-0.3, -0.25) is 9.69 Å². The maximum Gasteiger partial charge on any atom is 0.416 e. The molecule has 1 aromatic heterocycles. The lowest BCUT2D eigenvalue weighted by molar-refractivity contribution is -0.143. The molecule has 252 valence electrons. The van der Waals surface area contributed by atoms with Crippen molar-refractivity contribution in [2.75, 3.05) is 18.0 Å². The Balaban J connectivity index is 1.81. The monoisotopic (exact) mass is 665 g/mol. The molecule has 0 bridgehead atoms. The highest BCUT2D eigenvalue weighted by molar-refractivity contribution is 5.76. The van der Waals surface area contributed by atoms with Crippen LogP contribution in [-0.4, -0.2) is 44.1 Å². The van der Waals surface area contributed by atoms with Gasteiger partial charge in [-0.1, -0.05) is 25.0 Å². The topological polar surface area (TPSA) is 93.2 Å². The van der Waals surface area contributed by atoms with Gasteiger partial charge in [0.2, 0.25) is 5.91 Å². The number of carbonyl (C=O) groups excluding carboxylic acids is 1. The predicted molar refractivity (Wildman–Crippen MR) is 148 cm³/mol. The van der Waals surface area contributed by atoms with Crippen molar-refractivity contribution in [2.45, 2.75) is 64.3 Å². The van der Waals surface area contributed by atoms with Gasteiger partial charge in [0.15, 0.2) is 0 Å². The maximum atomic E-state index is 13.9. The van der Waals surface area contributed by atoms with Crippen LogP contribution < -0.4 is 10.6 Å². The minimum Gasteiger partial charge on any atom is -0.369 e. The lowest BCUT2D eigenvalue weighted by atomic mass is 9.86. The van der Waals surface area contributed by atoms with Crippen LogP contribution in [0.15, 0.2) is 36.4 Å². The number of halogens is 9. The highest BCUT2D eigenvalue weighted by atomic mass is 19.4. The second-order valence-electron chi connectivity index (χ2n) is 11.7. The van der Waals surface area contributed by atoms with E-state index in [1.54, 1.807) is 0 Å². The van der Waals surface area contributed by atoms with Gasteiger partial charge in [-0.05, 0) is 84.1 Å². The standard InChI is InChI=1S/C29H32F9N7O/c1-16(2)24(44-8-6-18(7-9-44)25(39)46)23-5-4-20(27(30,31)32)12-19(23)15-45(26-40-42-43(3)41-26)14-17-10-21(28(33,34)35)13-22(11-17)29(36,37)38/h4-5,10-13,16,18,24H,6-9,14-15H2,1-3H3,(H2,39,46)/t24-/m1/s1. The minimum absolute atomic E-state index is 0.00599. The summed E-state index contributed by atoms with van der Waals surface area (Å²) < 4.78 is 123. The molecule has 1 aliphatic rings. The van der Waals surface area contributed by atoms with Crippen LogP contribution in [0.4, 0.5) is 45.5 Å². The molecule has 1 aliphatic heterocycles. The summed E-state index contributed by atoms with van der Waals surface area (Å²) in [4.78, 5) is 15.9. The van der Waals surface area contributed by atoms with Crippen molar-refractivity contribution in [1.82, 2.24) is 25.1 Å². The van der Waals surface area contributed by atoms with Gasteiger partial charge < -0.3 is 10.6 Å². The van der Waals surface area contributed by atoms with Gasteiger partial charge in [-0.25, -0.2) is 0 Å². The first-order valence-corrected chi connectivity index (χ1v) is 14.2. The van der Waals surface area contributed by atoms with E-state index in [1.165, 1.54) is 18.0 Å². The number of anilines is 1. The van der Waals surface area contributed by atoms with Gasteiger partial charge in [0.05, 0.1) is 23.7 Å². The Hall–Kier alpha value is -3.89. The number of amides is 1. The van der Waals surface area contributed by atoms with Gasteiger partial charge in [-0.15, -0.1) is 5.10 Å². The number of carbonyl (C=O) groups is 1. The van der Waals surface area contributed by atoms with E-state index in [-0.39, 0.29) is 29.4 Å². The summed E-state index contributed by atoms with van der Waals surface area (Å²) in [6, 6.07) is 3.81. The van der Waals surface area contributed by atoms with E-state index in [4.69, 9.17) is 5.73 Å². The fraction of sp³-hybridized carbons (Fsp3) is 0.517. The summed E-state index contributed by atoms with van der Waals surface area (Å²) in [5.41, 5.74) is 1.56. The average molecular weight is 666 g/mol. The number of hydrogen-bond donors (Lipinski definition) is 1. The Morgan fingerprint density at radius 2 is 1.46 bits per heavy atom. The molecule has 1 saturated heterocycles. The fourth-order valence-corrected chi connectivity index (χ4v) is 5.78. The number of primary amides is 1. The number of rotatable bonds is 9.